The number of carbonyl (C=O) groups is 1. The van der Waals surface area contributed by atoms with Crippen LogP contribution in [-0.4, -0.2) is 39.9 Å². The molecule has 0 saturated carbocycles. The third kappa shape index (κ3) is 3.49. The van der Waals surface area contributed by atoms with Crippen LogP contribution in [0.15, 0.2) is 5.83 Å². The average Bonchev–Trinajstić information content (AvgIpc) is 2.46. The average molecular weight is 319 g/mol. The number of ketones is 1. The second kappa shape index (κ2) is 6.67. The fourth-order valence-corrected chi connectivity index (χ4v) is 1.95. The monoisotopic (exact) mass is 319 g/mol. The number of nitrogens with zero attached hydrogens (tertiary/aromatic N) is 3. The Morgan fingerprint density at radius 3 is 2.59 bits per heavy atom. The van der Waals surface area contributed by atoms with Gasteiger partial charge in [0.2, 0.25) is 11.9 Å². The Hall–Kier alpha value is -2.26. The van der Waals surface area contributed by atoms with Gasteiger partial charge in [-0.2, -0.15) is 15.0 Å². The molecule has 1 aromatic rings. The first-order valence-corrected chi connectivity index (χ1v) is 6.46. The fourth-order valence-electron chi connectivity index (χ4n) is 1.95. The zero-order valence-electron chi connectivity index (χ0n) is 11.3. The summed E-state index contributed by atoms with van der Waals surface area (Å²) in [6.07, 6.45) is -2.28. The number of allylic oxidation sites excluding steroid dienone is 2. The van der Waals surface area contributed by atoms with E-state index in [4.69, 9.17) is 5.73 Å². The van der Waals surface area contributed by atoms with Crippen LogP contribution in [0, 0.1) is 0 Å². The Morgan fingerprint density at radius 2 is 1.95 bits per heavy atom. The van der Waals surface area contributed by atoms with Gasteiger partial charge in [-0.05, 0) is 12.8 Å². The Bertz CT molecular complexity index is 607. The molecule has 6 nitrogen and oxygen atoms in total. The van der Waals surface area contributed by atoms with Crippen molar-refractivity contribution in [2.75, 3.05) is 17.7 Å². The lowest BCUT2D eigenvalue weighted by Crippen LogP contribution is -2.31. The molecular formula is C12H13F4N5O. The van der Waals surface area contributed by atoms with Crippen molar-refractivity contribution in [2.24, 2.45) is 0 Å². The van der Waals surface area contributed by atoms with Gasteiger partial charge in [0.25, 0.3) is 6.43 Å². The van der Waals surface area contributed by atoms with Gasteiger partial charge in [-0.15, -0.1) is 0 Å². The predicted octanol–water partition coefficient (Wildman–Crippen LogP) is 1.90. The number of carbonyl (C=O) groups excluding carboxylic acids is 1. The van der Waals surface area contributed by atoms with E-state index in [9.17, 15) is 22.4 Å². The number of hydrogen-bond donors (Lipinski definition) is 2. The van der Waals surface area contributed by atoms with Crippen LogP contribution in [0.3, 0.4) is 0 Å². The molecule has 120 valence electrons. The highest BCUT2D eigenvalue weighted by atomic mass is 19.3. The van der Waals surface area contributed by atoms with Crippen molar-refractivity contribution in [3.05, 3.63) is 11.7 Å². The molecule has 0 saturated heterocycles. The molecule has 0 aromatic carbocycles. The van der Waals surface area contributed by atoms with Gasteiger partial charge >= 0.3 is 0 Å². The van der Waals surface area contributed by atoms with E-state index >= 15 is 0 Å². The van der Waals surface area contributed by atoms with Gasteiger partial charge in [-0.3, -0.25) is 4.79 Å². The molecule has 0 aliphatic heterocycles. The number of halogens is 4. The van der Waals surface area contributed by atoms with Gasteiger partial charge in [0.1, 0.15) is 12.7 Å². The molecule has 0 amide bonds. The summed E-state index contributed by atoms with van der Waals surface area (Å²) in [6, 6.07) is -1.82. The Balaban J connectivity index is 2.35. The van der Waals surface area contributed by atoms with Crippen LogP contribution in [-0.2, 0) is 4.79 Å². The number of aromatic nitrogens is 3. The molecule has 22 heavy (non-hydrogen) atoms. The topological polar surface area (TPSA) is 93.8 Å². The van der Waals surface area contributed by atoms with Gasteiger partial charge in [0.15, 0.2) is 17.4 Å². The van der Waals surface area contributed by atoms with Crippen LogP contribution in [0.5, 0.6) is 0 Å². The largest absolute Gasteiger partial charge is 0.368 e. The number of nitrogen functional groups attached to an aromatic ring is 1. The van der Waals surface area contributed by atoms with Crippen molar-refractivity contribution in [1.82, 2.24) is 15.0 Å². The Morgan fingerprint density at radius 1 is 1.23 bits per heavy atom. The van der Waals surface area contributed by atoms with Gasteiger partial charge in [-0.25, -0.2) is 17.6 Å². The predicted molar refractivity (Wildman–Crippen MR) is 70.5 cm³/mol. The number of alkyl halides is 3. The quantitative estimate of drug-likeness (QED) is 0.805. The van der Waals surface area contributed by atoms with Crippen LogP contribution in [0.4, 0.5) is 29.5 Å². The minimum Gasteiger partial charge on any atom is -0.368 e. The molecule has 0 spiro atoms. The van der Waals surface area contributed by atoms with Gasteiger partial charge in [-0.1, -0.05) is 0 Å². The molecule has 3 N–H and O–H groups in total. The highest BCUT2D eigenvalue weighted by Gasteiger charge is 2.25. The smallest absolute Gasteiger partial charge is 0.261 e. The molecule has 1 aliphatic carbocycles. The van der Waals surface area contributed by atoms with Crippen molar-refractivity contribution in [3.8, 4) is 0 Å². The first kappa shape index (κ1) is 16.1. The summed E-state index contributed by atoms with van der Waals surface area (Å²) in [6.45, 7) is -1.35. The van der Waals surface area contributed by atoms with E-state index < -0.39 is 36.7 Å². The van der Waals surface area contributed by atoms with E-state index in [2.05, 4.69) is 20.3 Å². The SMILES string of the molecule is Nc1nc(NC(CF)C(F)F)nc(C2=C(F)C(=O)CCC2)n1. The maximum absolute atomic E-state index is 13.8. The lowest BCUT2D eigenvalue weighted by molar-refractivity contribution is -0.117. The summed E-state index contributed by atoms with van der Waals surface area (Å²) in [5.41, 5.74) is 5.37. The highest BCUT2D eigenvalue weighted by molar-refractivity contribution is 6.01. The number of hydrogen-bond acceptors (Lipinski definition) is 6. The first-order chi connectivity index (χ1) is 10.4. The zero-order chi connectivity index (χ0) is 16.3. The van der Waals surface area contributed by atoms with Gasteiger partial charge < -0.3 is 11.1 Å². The summed E-state index contributed by atoms with van der Waals surface area (Å²) in [5, 5.41) is 2.08. The van der Waals surface area contributed by atoms with Crippen molar-refractivity contribution >= 4 is 23.3 Å². The first-order valence-electron chi connectivity index (χ1n) is 6.46. The second-order valence-corrected chi connectivity index (χ2v) is 4.65. The molecule has 1 aromatic heterocycles. The Labute approximate surface area is 122 Å². The minimum atomic E-state index is -2.99. The molecule has 10 heteroatoms. The van der Waals surface area contributed by atoms with Crippen molar-refractivity contribution in [1.29, 1.82) is 0 Å². The molecular weight excluding hydrogens is 306 g/mol. The van der Waals surface area contributed by atoms with Crippen LogP contribution >= 0.6 is 0 Å². The van der Waals surface area contributed by atoms with Gasteiger partial charge in [0, 0.05) is 12.0 Å². The summed E-state index contributed by atoms with van der Waals surface area (Å²) in [7, 11) is 0. The van der Waals surface area contributed by atoms with E-state index in [1.165, 1.54) is 0 Å². The van der Waals surface area contributed by atoms with Crippen LogP contribution in [0.1, 0.15) is 25.1 Å². The van der Waals surface area contributed by atoms with E-state index in [0.29, 0.717) is 6.42 Å². The normalized spacial score (nSPS) is 17.0. The number of Topliss-reactive ketones (excluding diaryl/α,β-unsaturated/α-hetero) is 1. The summed E-state index contributed by atoms with van der Waals surface area (Å²) >= 11 is 0. The van der Waals surface area contributed by atoms with Crippen LogP contribution in [0.2, 0.25) is 0 Å². The standard InChI is InChI=1S/C12H13F4N5O/c13-4-6(9(15)16)18-12-20-10(19-11(17)21-12)5-2-1-3-7(22)8(5)14/h6,9H,1-4H2,(H3,17,18,19,20,21). The fraction of sp³-hybridized carbons (Fsp3) is 0.500. The van der Waals surface area contributed by atoms with E-state index in [0.717, 1.165) is 0 Å². The summed E-state index contributed by atoms with van der Waals surface area (Å²) < 4.78 is 51.4. The number of nitrogens with one attached hydrogen (secondary N) is 1. The Kier molecular flexibility index (Phi) is 4.88. The molecule has 1 heterocycles. The van der Waals surface area contributed by atoms with Crippen molar-refractivity contribution in [2.45, 2.75) is 31.7 Å². The van der Waals surface area contributed by atoms with Crippen molar-refractivity contribution in [3.63, 3.8) is 0 Å². The molecule has 0 bridgehead atoms. The lowest BCUT2D eigenvalue weighted by atomic mass is 9.97. The molecule has 0 radical (unpaired) electrons. The maximum Gasteiger partial charge on any atom is 0.261 e. The molecule has 0 fully saturated rings. The van der Waals surface area contributed by atoms with Gasteiger partial charge in [0.05, 0.1) is 0 Å². The van der Waals surface area contributed by atoms with E-state index in [-0.39, 0.29) is 30.2 Å². The second-order valence-electron chi connectivity index (χ2n) is 4.65. The van der Waals surface area contributed by atoms with E-state index in [1.807, 2.05) is 0 Å². The van der Waals surface area contributed by atoms with Crippen LogP contribution in [0.25, 0.3) is 5.57 Å². The van der Waals surface area contributed by atoms with Crippen molar-refractivity contribution < 1.29 is 22.4 Å². The molecule has 2 rings (SSSR count). The summed E-state index contributed by atoms with van der Waals surface area (Å²) in [4.78, 5) is 22.4. The zero-order valence-corrected chi connectivity index (χ0v) is 11.3. The molecule has 1 aliphatic rings. The number of rotatable bonds is 5. The maximum atomic E-state index is 13.8. The molecule has 1 atom stereocenters. The van der Waals surface area contributed by atoms with E-state index in [1.54, 1.807) is 0 Å². The summed E-state index contributed by atoms with van der Waals surface area (Å²) in [5.74, 6) is -2.61. The molecule has 1 unspecified atom stereocenters. The minimum absolute atomic E-state index is 0.0535. The third-order valence-corrected chi connectivity index (χ3v) is 3.05. The third-order valence-electron chi connectivity index (χ3n) is 3.05. The van der Waals surface area contributed by atoms with Crippen LogP contribution < -0.4 is 11.1 Å². The lowest BCUT2D eigenvalue weighted by Gasteiger charge is -2.16. The number of anilines is 2. The highest BCUT2D eigenvalue weighted by Crippen LogP contribution is 2.29. The number of nitrogens with two attached hydrogens (primary N) is 1.